The third-order valence-corrected chi connectivity index (χ3v) is 6.83. The van der Waals surface area contributed by atoms with E-state index in [9.17, 15) is 19.4 Å². The first-order valence-electron chi connectivity index (χ1n) is 9.91. The molecule has 0 heterocycles. The standard InChI is InChI=1S/C24H25Cl2NO4S/c1-15(2)24(23(28)29,16(3)12-22(25)26)21(14-27)17-6-5-7-19(13-17)31-18-8-10-20(11-9-18)32(4)30/h5-13,15-16,21H,1-4H3,(H,28,29). The Morgan fingerprint density at radius 3 is 2.25 bits per heavy atom. The number of nitriles is 1. The number of hydrogen-bond acceptors (Lipinski definition) is 4. The topological polar surface area (TPSA) is 87.4 Å². The quantitative estimate of drug-likeness (QED) is 0.430. The zero-order valence-electron chi connectivity index (χ0n) is 18.2. The van der Waals surface area contributed by atoms with Crippen LogP contribution in [0.1, 0.15) is 32.3 Å². The number of carbonyl (C=O) groups is 1. The second-order valence-corrected chi connectivity index (χ2v) is 10.2. The highest BCUT2D eigenvalue weighted by Gasteiger charge is 2.53. The molecule has 2 aromatic rings. The Hall–Kier alpha value is -2.33. The van der Waals surface area contributed by atoms with Crippen molar-refractivity contribution in [3.63, 3.8) is 0 Å². The predicted octanol–water partition coefficient (Wildman–Crippen LogP) is 6.51. The van der Waals surface area contributed by atoms with E-state index in [4.69, 9.17) is 27.9 Å². The van der Waals surface area contributed by atoms with Crippen molar-refractivity contribution in [3.8, 4) is 17.6 Å². The van der Waals surface area contributed by atoms with Crippen LogP contribution >= 0.6 is 23.2 Å². The summed E-state index contributed by atoms with van der Waals surface area (Å²) in [6.45, 7) is 5.23. The zero-order valence-corrected chi connectivity index (χ0v) is 20.5. The van der Waals surface area contributed by atoms with Crippen LogP contribution in [0.15, 0.2) is 64.0 Å². The average molecular weight is 494 g/mol. The Morgan fingerprint density at radius 1 is 1.16 bits per heavy atom. The summed E-state index contributed by atoms with van der Waals surface area (Å²) in [5.74, 6) is -2.14. The molecule has 0 aliphatic heterocycles. The van der Waals surface area contributed by atoms with Crippen molar-refractivity contribution in [2.24, 2.45) is 17.3 Å². The molecule has 170 valence electrons. The molecule has 0 spiro atoms. The van der Waals surface area contributed by atoms with Gasteiger partial charge in [-0.15, -0.1) is 0 Å². The van der Waals surface area contributed by atoms with Gasteiger partial charge in [-0.3, -0.25) is 9.00 Å². The van der Waals surface area contributed by atoms with Gasteiger partial charge >= 0.3 is 5.97 Å². The number of benzene rings is 2. The van der Waals surface area contributed by atoms with Crippen LogP contribution in [0.2, 0.25) is 0 Å². The van der Waals surface area contributed by atoms with Gasteiger partial charge in [-0.25, -0.2) is 0 Å². The van der Waals surface area contributed by atoms with Gasteiger partial charge in [-0.05, 0) is 53.8 Å². The van der Waals surface area contributed by atoms with E-state index >= 15 is 0 Å². The van der Waals surface area contributed by atoms with Gasteiger partial charge in [0.2, 0.25) is 0 Å². The molecule has 1 N–H and O–H groups in total. The minimum absolute atomic E-state index is 0.0472. The van der Waals surface area contributed by atoms with Crippen molar-refractivity contribution in [2.45, 2.75) is 31.6 Å². The Balaban J connectivity index is 2.51. The van der Waals surface area contributed by atoms with Crippen molar-refractivity contribution in [3.05, 3.63) is 64.7 Å². The van der Waals surface area contributed by atoms with Crippen LogP contribution in [-0.2, 0) is 15.6 Å². The van der Waals surface area contributed by atoms with Gasteiger partial charge in [-0.1, -0.05) is 62.2 Å². The van der Waals surface area contributed by atoms with Crippen LogP contribution in [0.3, 0.4) is 0 Å². The molecule has 4 atom stereocenters. The minimum atomic E-state index is -1.48. The number of allylic oxidation sites excluding steroid dienone is 1. The van der Waals surface area contributed by atoms with Gasteiger partial charge in [0.15, 0.2) is 0 Å². The highest BCUT2D eigenvalue weighted by atomic mass is 35.5. The number of carboxylic acids is 1. The monoisotopic (exact) mass is 493 g/mol. The lowest BCUT2D eigenvalue weighted by Crippen LogP contribution is -2.46. The van der Waals surface area contributed by atoms with E-state index in [1.165, 1.54) is 6.08 Å². The summed E-state index contributed by atoms with van der Waals surface area (Å²) < 4.78 is 17.4. The molecule has 0 radical (unpaired) electrons. The highest BCUT2D eigenvalue weighted by molar-refractivity contribution is 7.84. The molecule has 2 aromatic carbocycles. The van der Waals surface area contributed by atoms with Crippen LogP contribution in [0.5, 0.6) is 11.5 Å². The Labute approximate surface area is 201 Å². The molecule has 0 saturated heterocycles. The molecule has 4 unspecified atom stereocenters. The van der Waals surface area contributed by atoms with Gasteiger partial charge in [0, 0.05) is 22.0 Å². The van der Waals surface area contributed by atoms with E-state index in [-0.39, 0.29) is 4.49 Å². The maximum Gasteiger partial charge on any atom is 0.312 e. The van der Waals surface area contributed by atoms with E-state index in [1.54, 1.807) is 75.6 Å². The summed E-state index contributed by atoms with van der Waals surface area (Å²) in [6.07, 6.45) is 3.06. The molecular formula is C24H25Cl2NO4S. The first kappa shape index (κ1) is 25.9. The van der Waals surface area contributed by atoms with Crippen molar-refractivity contribution in [1.29, 1.82) is 5.26 Å². The number of carboxylic acid groups (broad SMARTS) is 1. The van der Waals surface area contributed by atoms with E-state index in [2.05, 4.69) is 6.07 Å². The second kappa shape index (κ2) is 11.0. The van der Waals surface area contributed by atoms with Crippen molar-refractivity contribution in [1.82, 2.24) is 0 Å². The summed E-state index contributed by atoms with van der Waals surface area (Å²) in [5.41, 5.74) is -0.965. The summed E-state index contributed by atoms with van der Waals surface area (Å²) in [4.78, 5) is 13.3. The fraction of sp³-hybridized carbons (Fsp3) is 0.333. The largest absolute Gasteiger partial charge is 0.481 e. The van der Waals surface area contributed by atoms with Crippen molar-refractivity contribution < 1.29 is 18.8 Å². The number of rotatable bonds is 9. The number of halogens is 2. The third kappa shape index (κ3) is 5.53. The van der Waals surface area contributed by atoms with Gasteiger partial charge < -0.3 is 9.84 Å². The molecule has 0 fully saturated rings. The molecule has 0 amide bonds. The van der Waals surface area contributed by atoms with Crippen LogP contribution in [0.4, 0.5) is 0 Å². The molecule has 8 heteroatoms. The van der Waals surface area contributed by atoms with Crippen LogP contribution in [0, 0.1) is 28.6 Å². The first-order chi connectivity index (χ1) is 15.0. The molecule has 5 nitrogen and oxygen atoms in total. The van der Waals surface area contributed by atoms with Gasteiger partial charge in [0.05, 0.1) is 17.4 Å². The maximum atomic E-state index is 12.6. The van der Waals surface area contributed by atoms with Crippen molar-refractivity contribution in [2.75, 3.05) is 6.26 Å². The van der Waals surface area contributed by atoms with E-state index in [0.717, 1.165) is 0 Å². The summed E-state index contributed by atoms with van der Waals surface area (Å²) >= 11 is 11.7. The average Bonchev–Trinajstić information content (AvgIpc) is 2.71. The predicted molar refractivity (Wildman–Crippen MR) is 128 cm³/mol. The van der Waals surface area contributed by atoms with Crippen LogP contribution in [0.25, 0.3) is 0 Å². The SMILES string of the molecule is CC(C)C(C(=O)O)(C(C)C=C(Cl)Cl)C(C#N)c1cccc(Oc2ccc(S(C)=O)cc2)c1. The summed E-state index contributed by atoms with van der Waals surface area (Å²) in [5, 5.41) is 20.4. The first-order valence-corrected chi connectivity index (χ1v) is 12.2. The van der Waals surface area contributed by atoms with E-state index < -0.39 is 39.9 Å². The fourth-order valence-electron chi connectivity index (χ4n) is 4.06. The smallest absolute Gasteiger partial charge is 0.312 e. The molecule has 32 heavy (non-hydrogen) atoms. The minimum Gasteiger partial charge on any atom is -0.481 e. The third-order valence-electron chi connectivity index (χ3n) is 5.64. The highest BCUT2D eigenvalue weighted by Crippen LogP contribution is 2.49. The molecule has 0 aliphatic rings. The van der Waals surface area contributed by atoms with E-state index in [0.29, 0.717) is 22.0 Å². The summed E-state index contributed by atoms with van der Waals surface area (Å²) in [7, 11) is -1.09. The van der Waals surface area contributed by atoms with E-state index in [1.807, 2.05) is 0 Å². The Morgan fingerprint density at radius 2 is 1.78 bits per heavy atom. The number of aliphatic carboxylic acids is 1. The lowest BCUT2D eigenvalue weighted by atomic mass is 9.59. The number of hydrogen-bond donors (Lipinski definition) is 1. The zero-order chi connectivity index (χ0) is 24.1. The van der Waals surface area contributed by atoms with Crippen LogP contribution < -0.4 is 4.74 Å². The lowest BCUT2D eigenvalue weighted by molar-refractivity contribution is -0.155. The fourth-order valence-corrected chi connectivity index (χ4v) is 4.96. The van der Waals surface area contributed by atoms with Crippen molar-refractivity contribution >= 4 is 40.0 Å². The molecule has 0 saturated carbocycles. The molecular weight excluding hydrogens is 469 g/mol. The molecule has 0 aliphatic carbocycles. The van der Waals surface area contributed by atoms with Gasteiger partial charge in [0.25, 0.3) is 0 Å². The van der Waals surface area contributed by atoms with Crippen LogP contribution in [-0.4, -0.2) is 21.5 Å². The second-order valence-electron chi connectivity index (χ2n) is 7.80. The molecule has 0 bridgehead atoms. The van der Waals surface area contributed by atoms with Gasteiger partial charge in [0.1, 0.15) is 16.0 Å². The number of ether oxygens (including phenoxy) is 1. The van der Waals surface area contributed by atoms with Gasteiger partial charge in [-0.2, -0.15) is 5.26 Å². The normalized spacial score (nSPS) is 15.7. The maximum absolute atomic E-state index is 12.6. The lowest BCUT2D eigenvalue weighted by Gasteiger charge is -2.41. The molecule has 0 aromatic heterocycles. The Kier molecular flexibility index (Phi) is 8.91. The Bertz CT molecular complexity index is 1060. The summed E-state index contributed by atoms with van der Waals surface area (Å²) in [6, 6.07) is 15.9. The number of nitrogens with zero attached hydrogens (tertiary/aromatic N) is 1. The molecule has 2 rings (SSSR count).